The van der Waals surface area contributed by atoms with Crippen LogP contribution < -0.4 is 5.32 Å². The Morgan fingerprint density at radius 3 is 2.93 bits per heavy atom. The van der Waals surface area contributed by atoms with Crippen molar-refractivity contribution in [1.82, 2.24) is 14.5 Å². The molecule has 3 heterocycles. The molecule has 1 aromatic heterocycles. The number of amides is 1. The van der Waals surface area contributed by atoms with Gasteiger partial charge in [0.2, 0.25) is 5.95 Å². The van der Waals surface area contributed by atoms with Gasteiger partial charge in [0.25, 0.3) is 15.9 Å². The summed E-state index contributed by atoms with van der Waals surface area (Å²) in [7, 11) is -3.56. The van der Waals surface area contributed by atoms with Crippen molar-refractivity contribution < 1.29 is 13.2 Å². The molecule has 2 aromatic rings. The van der Waals surface area contributed by atoms with Gasteiger partial charge in [-0.3, -0.25) is 10.1 Å². The van der Waals surface area contributed by atoms with Gasteiger partial charge in [-0.15, -0.1) is 4.40 Å². The van der Waals surface area contributed by atoms with Gasteiger partial charge in [0.05, 0.1) is 22.4 Å². The first kappa shape index (κ1) is 17.5. The number of carbonyl (C=O) groups excluding carboxylic acids is 1. The highest BCUT2D eigenvalue weighted by molar-refractivity contribution is 7.90. The maximum atomic E-state index is 12.9. The molecule has 0 fully saturated rings. The highest BCUT2D eigenvalue weighted by atomic mass is 32.2. The first-order valence-electron chi connectivity index (χ1n) is 8.73. The fourth-order valence-corrected chi connectivity index (χ4v) is 4.17. The van der Waals surface area contributed by atoms with Crippen LogP contribution in [0.15, 0.2) is 52.6 Å². The van der Waals surface area contributed by atoms with Crippen LogP contribution in [0.3, 0.4) is 0 Å². The number of allylic oxidation sites excluding steroid dienone is 2. The number of aryl methyl sites for hydroxylation is 1. The number of rotatable bonds is 4. The SMILES string of the molecule is CCCn1c(NC(=O)C2=CC=CN3CCS(=O)(=O)N=C23)nc2ccccc21. The molecule has 0 saturated heterocycles. The van der Waals surface area contributed by atoms with E-state index in [1.54, 1.807) is 23.3 Å². The molecule has 0 spiro atoms. The van der Waals surface area contributed by atoms with E-state index in [2.05, 4.69) is 14.7 Å². The van der Waals surface area contributed by atoms with E-state index in [0.717, 1.165) is 17.5 Å². The van der Waals surface area contributed by atoms with Gasteiger partial charge in [-0.2, -0.15) is 0 Å². The van der Waals surface area contributed by atoms with E-state index < -0.39 is 15.9 Å². The summed E-state index contributed by atoms with van der Waals surface area (Å²) in [5.41, 5.74) is 1.93. The van der Waals surface area contributed by atoms with Crippen molar-refractivity contribution in [3.05, 3.63) is 48.2 Å². The number of amidine groups is 1. The quantitative estimate of drug-likeness (QED) is 0.867. The predicted molar refractivity (Wildman–Crippen MR) is 104 cm³/mol. The predicted octanol–water partition coefficient (Wildman–Crippen LogP) is 1.88. The molecule has 0 atom stereocenters. The van der Waals surface area contributed by atoms with Crippen LogP contribution in [0.1, 0.15) is 13.3 Å². The van der Waals surface area contributed by atoms with Gasteiger partial charge in [-0.1, -0.05) is 19.1 Å². The number of hydrogen-bond donors (Lipinski definition) is 1. The van der Waals surface area contributed by atoms with Crippen LogP contribution in [0.5, 0.6) is 0 Å². The minimum atomic E-state index is -3.56. The Morgan fingerprint density at radius 2 is 2.11 bits per heavy atom. The lowest BCUT2D eigenvalue weighted by molar-refractivity contribution is -0.112. The lowest BCUT2D eigenvalue weighted by atomic mass is 10.1. The molecule has 4 rings (SSSR count). The van der Waals surface area contributed by atoms with Crippen molar-refractivity contribution in [3.8, 4) is 0 Å². The maximum absolute atomic E-state index is 12.9. The molecule has 2 aliphatic heterocycles. The van der Waals surface area contributed by atoms with E-state index in [0.29, 0.717) is 12.5 Å². The fraction of sp³-hybridized carbons (Fsp3) is 0.278. The van der Waals surface area contributed by atoms with E-state index in [4.69, 9.17) is 0 Å². The first-order valence-corrected chi connectivity index (χ1v) is 10.3. The summed E-state index contributed by atoms with van der Waals surface area (Å²) in [6, 6.07) is 7.66. The number of imidazole rings is 1. The number of para-hydroxylation sites is 2. The fourth-order valence-electron chi connectivity index (χ4n) is 3.18. The van der Waals surface area contributed by atoms with Crippen molar-refractivity contribution in [2.45, 2.75) is 19.9 Å². The smallest absolute Gasteiger partial charge is 0.261 e. The Morgan fingerprint density at radius 1 is 1.30 bits per heavy atom. The Bertz CT molecular complexity index is 1110. The van der Waals surface area contributed by atoms with Crippen molar-refractivity contribution in [1.29, 1.82) is 0 Å². The highest BCUT2D eigenvalue weighted by Crippen LogP contribution is 2.22. The molecule has 0 bridgehead atoms. The van der Waals surface area contributed by atoms with E-state index in [9.17, 15) is 13.2 Å². The monoisotopic (exact) mass is 385 g/mol. The summed E-state index contributed by atoms with van der Waals surface area (Å²) in [6.07, 6.45) is 5.88. The second-order valence-electron chi connectivity index (χ2n) is 6.35. The standard InChI is InChI=1S/C18H19N5O3S/c1-2-9-23-15-8-4-3-7-14(15)19-18(23)20-17(24)13-6-5-10-22-11-12-27(25,26)21-16(13)22/h3-8,10H,2,9,11-12H2,1H3,(H,19,20,24). The number of benzene rings is 1. The molecule has 1 amide bonds. The molecule has 1 N–H and O–H groups in total. The van der Waals surface area contributed by atoms with E-state index in [1.165, 1.54) is 0 Å². The average molecular weight is 385 g/mol. The number of fused-ring (bicyclic) bond motifs is 2. The summed E-state index contributed by atoms with van der Waals surface area (Å²) in [6.45, 7) is 3.03. The summed E-state index contributed by atoms with van der Waals surface area (Å²) in [5.74, 6) is 0.0822. The molecular weight excluding hydrogens is 366 g/mol. The van der Waals surface area contributed by atoms with Gasteiger partial charge < -0.3 is 9.47 Å². The molecular formula is C18H19N5O3S. The Balaban J connectivity index is 1.69. The largest absolute Gasteiger partial charge is 0.331 e. The van der Waals surface area contributed by atoms with Gasteiger partial charge in [-0.05, 0) is 30.7 Å². The topological polar surface area (TPSA) is 96.7 Å². The van der Waals surface area contributed by atoms with Crippen molar-refractivity contribution in [2.24, 2.45) is 4.40 Å². The molecule has 140 valence electrons. The van der Waals surface area contributed by atoms with E-state index >= 15 is 0 Å². The molecule has 0 radical (unpaired) electrons. The summed E-state index contributed by atoms with van der Waals surface area (Å²) in [5, 5.41) is 2.82. The van der Waals surface area contributed by atoms with Crippen LogP contribution in [0, 0.1) is 0 Å². The number of hydrogen-bond acceptors (Lipinski definition) is 5. The van der Waals surface area contributed by atoms with Crippen molar-refractivity contribution in [2.75, 3.05) is 17.6 Å². The zero-order valence-corrected chi connectivity index (χ0v) is 15.6. The molecule has 0 saturated carbocycles. The number of sulfonamides is 1. The zero-order chi connectivity index (χ0) is 19.0. The van der Waals surface area contributed by atoms with Gasteiger partial charge in [0.15, 0.2) is 5.84 Å². The van der Waals surface area contributed by atoms with E-state index in [1.807, 2.05) is 35.8 Å². The van der Waals surface area contributed by atoms with Crippen LogP contribution in [0.2, 0.25) is 0 Å². The number of anilines is 1. The molecule has 0 unspecified atom stereocenters. The van der Waals surface area contributed by atoms with Crippen LogP contribution in [-0.4, -0.2) is 46.9 Å². The van der Waals surface area contributed by atoms with Gasteiger partial charge in [0, 0.05) is 19.3 Å². The molecule has 27 heavy (non-hydrogen) atoms. The molecule has 8 nitrogen and oxygen atoms in total. The van der Waals surface area contributed by atoms with Crippen molar-refractivity contribution in [3.63, 3.8) is 0 Å². The first-order chi connectivity index (χ1) is 13.0. The van der Waals surface area contributed by atoms with Crippen LogP contribution in [0.4, 0.5) is 5.95 Å². The minimum absolute atomic E-state index is 0.0674. The third-order valence-electron chi connectivity index (χ3n) is 4.43. The van der Waals surface area contributed by atoms with Crippen LogP contribution in [0.25, 0.3) is 11.0 Å². The molecule has 2 aliphatic rings. The van der Waals surface area contributed by atoms with Gasteiger partial charge >= 0.3 is 0 Å². The number of nitrogens with one attached hydrogen (secondary N) is 1. The average Bonchev–Trinajstić information content (AvgIpc) is 2.98. The molecule has 1 aromatic carbocycles. The normalized spacial score (nSPS) is 18.0. The van der Waals surface area contributed by atoms with Crippen LogP contribution >= 0.6 is 0 Å². The van der Waals surface area contributed by atoms with Crippen molar-refractivity contribution >= 4 is 38.7 Å². The third-order valence-corrected chi connectivity index (χ3v) is 5.58. The molecule has 9 heteroatoms. The number of aromatic nitrogens is 2. The minimum Gasteiger partial charge on any atom is -0.331 e. The Labute approximate surface area is 157 Å². The number of carbonyl (C=O) groups is 1. The van der Waals surface area contributed by atoms with Gasteiger partial charge in [0.1, 0.15) is 0 Å². The second-order valence-corrected chi connectivity index (χ2v) is 8.10. The third kappa shape index (κ3) is 3.25. The Kier molecular flexibility index (Phi) is 4.31. The lowest BCUT2D eigenvalue weighted by Gasteiger charge is -2.28. The summed E-state index contributed by atoms with van der Waals surface area (Å²) in [4.78, 5) is 19.1. The van der Waals surface area contributed by atoms with Crippen LogP contribution in [-0.2, 0) is 21.4 Å². The maximum Gasteiger partial charge on any atom is 0.261 e. The Hall–Kier alpha value is -2.94. The molecule has 0 aliphatic carbocycles. The highest BCUT2D eigenvalue weighted by Gasteiger charge is 2.30. The zero-order valence-electron chi connectivity index (χ0n) is 14.8. The second kappa shape index (κ2) is 6.66. The summed E-state index contributed by atoms with van der Waals surface area (Å²) >= 11 is 0. The van der Waals surface area contributed by atoms with Gasteiger partial charge in [-0.25, -0.2) is 13.4 Å². The number of nitrogens with zero attached hydrogens (tertiary/aromatic N) is 4. The summed E-state index contributed by atoms with van der Waals surface area (Å²) < 4.78 is 29.5. The van der Waals surface area contributed by atoms with E-state index in [-0.39, 0.29) is 23.7 Å². The lowest BCUT2D eigenvalue weighted by Crippen LogP contribution is -2.41.